The topological polar surface area (TPSA) is 54.5 Å². The van der Waals surface area contributed by atoms with E-state index in [-0.39, 0.29) is 5.91 Å². The third-order valence-corrected chi connectivity index (χ3v) is 4.53. The molecular weight excluding hydrogens is 266 g/mol. The minimum atomic E-state index is -0.118. The second-order valence-electron chi connectivity index (χ2n) is 5.77. The van der Waals surface area contributed by atoms with Gasteiger partial charge in [-0.05, 0) is 44.4 Å². The quantitative estimate of drug-likeness (QED) is 0.921. The van der Waals surface area contributed by atoms with Gasteiger partial charge in [-0.2, -0.15) is 0 Å². The van der Waals surface area contributed by atoms with Crippen LogP contribution in [-0.2, 0) is 4.74 Å². The Balaban J connectivity index is 1.79. The van der Waals surface area contributed by atoms with Crippen molar-refractivity contribution in [2.24, 2.45) is 0 Å². The van der Waals surface area contributed by atoms with E-state index in [1.54, 1.807) is 13.1 Å². The van der Waals surface area contributed by atoms with E-state index in [2.05, 4.69) is 21.3 Å². The van der Waals surface area contributed by atoms with Crippen molar-refractivity contribution in [3.8, 4) is 0 Å². The summed E-state index contributed by atoms with van der Waals surface area (Å²) < 4.78 is 5.47. The first-order valence-electron chi connectivity index (χ1n) is 7.82. The lowest BCUT2D eigenvalue weighted by Gasteiger charge is -2.35. The number of carbonyl (C=O) groups excluding carboxylic acids is 1. The van der Waals surface area contributed by atoms with Crippen LogP contribution >= 0.6 is 0 Å². The van der Waals surface area contributed by atoms with Gasteiger partial charge in [-0.15, -0.1) is 0 Å². The van der Waals surface area contributed by atoms with Crippen molar-refractivity contribution in [3.05, 3.63) is 29.6 Å². The van der Waals surface area contributed by atoms with Crippen molar-refractivity contribution in [2.45, 2.75) is 37.8 Å². The smallest absolute Gasteiger partial charge is 0.269 e. The van der Waals surface area contributed by atoms with Crippen LogP contribution in [-0.4, -0.2) is 48.6 Å². The summed E-state index contributed by atoms with van der Waals surface area (Å²) in [6, 6.07) is 6.70. The lowest BCUT2D eigenvalue weighted by atomic mass is 10.0. The molecule has 114 valence electrons. The zero-order valence-electron chi connectivity index (χ0n) is 12.5. The molecule has 1 aromatic heterocycles. The van der Waals surface area contributed by atoms with Crippen LogP contribution in [0, 0.1) is 0 Å². The molecule has 21 heavy (non-hydrogen) atoms. The van der Waals surface area contributed by atoms with E-state index in [0.717, 1.165) is 44.7 Å². The summed E-state index contributed by atoms with van der Waals surface area (Å²) in [7, 11) is 1.64. The zero-order valence-corrected chi connectivity index (χ0v) is 12.5. The Morgan fingerprint density at radius 1 is 1.33 bits per heavy atom. The highest BCUT2D eigenvalue weighted by atomic mass is 16.5. The lowest BCUT2D eigenvalue weighted by Crippen LogP contribution is -2.39. The van der Waals surface area contributed by atoms with Crippen LogP contribution in [0.4, 0.5) is 0 Å². The molecule has 2 aliphatic rings. The highest BCUT2D eigenvalue weighted by molar-refractivity contribution is 5.91. The highest BCUT2D eigenvalue weighted by Gasteiger charge is 2.33. The maximum atomic E-state index is 11.8. The fourth-order valence-electron chi connectivity index (χ4n) is 3.45. The van der Waals surface area contributed by atoms with Gasteiger partial charge < -0.3 is 10.1 Å². The average molecular weight is 289 g/mol. The lowest BCUT2D eigenvalue weighted by molar-refractivity contribution is 0.0285. The Kier molecular flexibility index (Phi) is 4.51. The first-order valence-corrected chi connectivity index (χ1v) is 7.82. The number of aromatic nitrogens is 1. The number of nitrogens with one attached hydrogen (secondary N) is 1. The number of hydrogen-bond donors (Lipinski definition) is 1. The summed E-state index contributed by atoms with van der Waals surface area (Å²) >= 11 is 0. The molecule has 1 amide bonds. The largest absolute Gasteiger partial charge is 0.381 e. The first kappa shape index (κ1) is 14.5. The molecule has 0 saturated carbocycles. The molecule has 5 nitrogen and oxygen atoms in total. The molecular formula is C16H23N3O2. The first-order chi connectivity index (χ1) is 10.3. The molecule has 5 heteroatoms. The number of carbonyl (C=O) groups is 1. The average Bonchev–Trinajstić information content (AvgIpc) is 3.04. The molecule has 0 spiro atoms. The number of amides is 1. The summed E-state index contributed by atoms with van der Waals surface area (Å²) in [5.74, 6) is -0.118. The molecule has 2 aliphatic heterocycles. The number of pyridine rings is 1. The monoisotopic (exact) mass is 289 g/mol. The van der Waals surface area contributed by atoms with Gasteiger partial charge in [-0.25, -0.2) is 4.98 Å². The number of nitrogens with zero attached hydrogens (tertiary/aromatic N) is 2. The van der Waals surface area contributed by atoms with Gasteiger partial charge in [0.05, 0.1) is 11.7 Å². The number of hydrogen-bond acceptors (Lipinski definition) is 4. The van der Waals surface area contributed by atoms with Crippen LogP contribution in [0.15, 0.2) is 18.2 Å². The molecule has 1 atom stereocenters. The second kappa shape index (κ2) is 6.54. The van der Waals surface area contributed by atoms with Gasteiger partial charge in [0.25, 0.3) is 5.91 Å². The Bertz CT molecular complexity index is 500. The fourth-order valence-corrected chi connectivity index (χ4v) is 3.45. The molecule has 1 N–H and O–H groups in total. The van der Waals surface area contributed by atoms with Crippen LogP contribution in [0.1, 0.15) is 47.9 Å². The Morgan fingerprint density at radius 2 is 2.14 bits per heavy atom. The van der Waals surface area contributed by atoms with Crippen molar-refractivity contribution in [3.63, 3.8) is 0 Å². The van der Waals surface area contributed by atoms with Crippen molar-refractivity contribution in [1.82, 2.24) is 15.2 Å². The van der Waals surface area contributed by atoms with Gasteiger partial charge in [0.15, 0.2) is 0 Å². The van der Waals surface area contributed by atoms with E-state index in [1.165, 1.54) is 6.42 Å². The van der Waals surface area contributed by atoms with E-state index < -0.39 is 0 Å². The summed E-state index contributed by atoms with van der Waals surface area (Å²) in [6.45, 7) is 2.85. The summed E-state index contributed by atoms with van der Waals surface area (Å²) in [4.78, 5) is 18.9. The minimum Gasteiger partial charge on any atom is -0.381 e. The maximum absolute atomic E-state index is 11.8. The highest BCUT2D eigenvalue weighted by Crippen LogP contribution is 2.35. The third kappa shape index (κ3) is 3.09. The molecule has 0 aromatic carbocycles. The molecule has 0 unspecified atom stereocenters. The Labute approximate surface area is 125 Å². The molecule has 3 rings (SSSR count). The van der Waals surface area contributed by atoms with E-state index in [1.807, 2.05) is 6.07 Å². The second-order valence-corrected chi connectivity index (χ2v) is 5.77. The number of ether oxygens (including phenoxy) is 1. The van der Waals surface area contributed by atoms with Gasteiger partial charge in [0.2, 0.25) is 0 Å². The molecule has 3 heterocycles. The van der Waals surface area contributed by atoms with Crippen molar-refractivity contribution >= 4 is 5.91 Å². The third-order valence-electron chi connectivity index (χ3n) is 4.53. The SMILES string of the molecule is CNC(=O)c1cccc([C@H]2CCCN2C2CCOCC2)n1. The van der Waals surface area contributed by atoms with Crippen molar-refractivity contribution in [1.29, 1.82) is 0 Å². The molecule has 0 bridgehead atoms. The van der Waals surface area contributed by atoms with E-state index in [0.29, 0.717) is 17.8 Å². The Hall–Kier alpha value is -1.46. The van der Waals surface area contributed by atoms with Crippen LogP contribution in [0.2, 0.25) is 0 Å². The summed E-state index contributed by atoms with van der Waals surface area (Å²) in [5, 5.41) is 2.64. The van der Waals surface area contributed by atoms with Gasteiger partial charge >= 0.3 is 0 Å². The Morgan fingerprint density at radius 3 is 2.90 bits per heavy atom. The minimum absolute atomic E-state index is 0.118. The number of likely N-dealkylation sites (tertiary alicyclic amines) is 1. The summed E-state index contributed by atoms with van der Waals surface area (Å²) in [5.41, 5.74) is 1.54. The van der Waals surface area contributed by atoms with Gasteiger partial charge in [0, 0.05) is 26.3 Å². The van der Waals surface area contributed by atoms with E-state index in [4.69, 9.17) is 4.74 Å². The van der Waals surface area contributed by atoms with Crippen LogP contribution < -0.4 is 5.32 Å². The van der Waals surface area contributed by atoms with Crippen molar-refractivity contribution in [2.75, 3.05) is 26.8 Å². The predicted molar refractivity (Wildman–Crippen MR) is 80.1 cm³/mol. The van der Waals surface area contributed by atoms with Crippen LogP contribution in [0.25, 0.3) is 0 Å². The van der Waals surface area contributed by atoms with Gasteiger partial charge in [-0.1, -0.05) is 6.07 Å². The van der Waals surface area contributed by atoms with Crippen LogP contribution in [0.5, 0.6) is 0 Å². The van der Waals surface area contributed by atoms with E-state index >= 15 is 0 Å². The molecule has 2 saturated heterocycles. The maximum Gasteiger partial charge on any atom is 0.269 e. The molecule has 2 fully saturated rings. The van der Waals surface area contributed by atoms with Crippen LogP contribution in [0.3, 0.4) is 0 Å². The van der Waals surface area contributed by atoms with Gasteiger partial charge in [0.1, 0.15) is 5.69 Å². The standard InChI is InChI=1S/C16H23N3O2/c1-17-16(20)14-5-2-4-13(18-14)15-6-3-9-19(15)12-7-10-21-11-8-12/h2,4-5,12,15H,3,6-11H2,1H3,(H,17,20)/t15-/m1/s1. The number of rotatable bonds is 3. The molecule has 0 radical (unpaired) electrons. The van der Waals surface area contributed by atoms with Crippen molar-refractivity contribution < 1.29 is 9.53 Å². The summed E-state index contributed by atoms with van der Waals surface area (Å²) in [6.07, 6.45) is 4.53. The fraction of sp³-hybridized carbons (Fsp3) is 0.625. The molecule has 1 aromatic rings. The molecule has 0 aliphatic carbocycles. The normalized spacial score (nSPS) is 24.1. The van der Waals surface area contributed by atoms with Gasteiger partial charge in [-0.3, -0.25) is 9.69 Å². The predicted octanol–water partition coefficient (Wildman–Crippen LogP) is 1.76. The van der Waals surface area contributed by atoms with E-state index in [9.17, 15) is 4.79 Å². The zero-order chi connectivity index (χ0) is 14.7.